The summed E-state index contributed by atoms with van der Waals surface area (Å²) in [7, 11) is 3.91. The minimum absolute atomic E-state index is 0.0865. The van der Waals surface area contributed by atoms with Crippen LogP contribution in [0.15, 0.2) is 18.2 Å². The molecule has 3 amide bonds. The number of alkyl carbamates (subject to hydrolysis) is 1. The molecule has 0 bridgehead atoms. The molecule has 10 nitrogen and oxygen atoms in total. The van der Waals surface area contributed by atoms with Gasteiger partial charge in [0.05, 0.1) is 52.3 Å². The van der Waals surface area contributed by atoms with E-state index in [1.807, 2.05) is 0 Å². The number of nitrogens with one attached hydrogen (secondary N) is 1. The van der Waals surface area contributed by atoms with Crippen LogP contribution in [0.25, 0.3) is 0 Å². The van der Waals surface area contributed by atoms with Gasteiger partial charge in [0.25, 0.3) is 0 Å². The molecule has 0 spiro atoms. The van der Waals surface area contributed by atoms with Crippen LogP contribution in [-0.2, 0) is 30.4 Å². The van der Waals surface area contributed by atoms with Crippen LogP contribution >= 0.6 is 9.24 Å². The molecule has 0 radical (unpaired) electrons. The molecular formula is C23H31N2O8P. The van der Waals surface area contributed by atoms with E-state index in [1.165, 1.54) is 12.0 Å². The van der Waals surface area contributed by atoms with Gasteiger partial charge in [0.1, 0.15) is 13.2 Å². The molecule has 1 saturated heterocycles. The Morgan fingerprint density at radius 1 is 1.15 bits per heavy atom. The van der Waals surface area contributed by atoms with Crippen LogP contribution in [0.3, 0.4) is 0 Å². The summed E-state index contributed by atoms with van der Waals surface area (Å²) in [4.78, 5) is 36.3. The lowest BCUT2D eigenvalue weighted by atomic mass is 10.2. The number of carbonyl (C=O) groups excluding carboxylic acids is 3. The minimum atomic E-state index is -0.546. The number of hydrogen-bond donors (Lipinski definition) is 1. The van der Waals surface area contributed by atoms with Crippen LogP contribution < -0.4 is 14.8 Å². The number of hydrogen-bond acceptors (Lipinski definition) is 8. The first-order chi connectivity index (χ1) is 16.5. The summed E-state index contributed by atoms with van der Waals surface area (Å²) in [6, 6.07) is 5.25. The van der Waals surface area contributed by atoms with Crippen molar-refractivity contribution in [2.45, 2.75) is 25.6 Å². The number of amides is 3. The standard InChI is InChI=1S/C23H31N2O8P/c1-3-4-7-24-23(28)33-16-17-5-6-18(19(14-17)29-2)32-13-12-31-11-10-30-9-8-25-21(26)15-20(34)22(25)27/h5-6,14,20H,7-13,15-16,34H2,1-2H3,(H,24,28). The summed E-state index contributed by atoms with van der Waals surface area (Å²) in [6.45, 7) is 3.89. The quantitative estimate of drug-likeness (QED) is 0.179. The normalized spacial score (nSPS) is 15.0. The van der Waals surface area contributed by atoms with Crippen LogP contribution in [0.1, 0.15) is 18.9 Å². The van der Waals surface area contributed by atoms with Crippen LogP contribution in [0.5, 0.6) is 11.5 Å². The van der Waals surface area contributed by atoms with Gasteiger partial charge in [-0.2, -0.15) is 0 Å². The number of nitrogens with zero attached hydrogens (tertiary/aromatic N) is 1. The Morgan fingerprint density at radius 2 is 1.88 bits per heavy atom. The summed E-state index contributed by atoms with van der Waals surface area (Å²) in [5.74, 6) is 6.11. The lowest BCUT2D eigenvalue weighted by Crippen LogP contribution is -2.34. The lowest BCUT2D eigenvalue weighted by molar-refractivity contribution is -0.139. The highest BCUT2D eigenvalue weighted by Gasteiger charge is 2.35. The molecular weight excluding hydrogens is 463 g/mol. The molecule has 1 aromatic rings. The van der Waals surface area contributed by atoms with Crippen LogP contribution in [-0.4, -0.2) is 81.7 Å². The highest BCUT2D eigenvalue weighted by Crippen LogP contribution is 2.28. The molecule has 1 N–H and O–H groups in total. The molecule has 0 saturated carbocycles. The first-order valence-electron chi connectivity index (χ1n) is 10.8. The summed E-state index contributed by atoms with van der Waals surface area (Å²) in [5, 5.41) is 2.52. The third-order valence-corrected chi connectivity index (χ3v) is 5.21. The summed E-state index contributed by atoms with van der Waals surface area (Å²) < 4.78 is 27.1. The maximum Gasteiger partial charge on any atom is 0.408 e. The van der Waals surface area contributed by atoms with Crippen molar-refractivity contribution in [1.29, 1.82) is 0 Å². The number of likely N-dealkylation sites (tertiary alicyclic amines) is 1. The topological polar surface area (TPSA) is 113 Å². The van der Waals surface area contributed by atoms with Crippen LogP contribution in [0, 0.1) is 11.8 Å². The third-order valence-electron chi connectivity index (χ3n) is 4.69. The van der Waals surface area contributed by atoms with Gasteiger partial charge in [0, 0.05) is 6.42 Å². The predicted octanol–water partition coefficient (Wildman–Crippen LogP) is 1.36. The number of carbonyl (C=O) groups is 3. The number of rotatable bonds is 14. The molecule has 1 fully saturated rings. The van der Waals surface area contributed by atoms with Crippen LogP contribution in [0.2, 0.25) is 0 Å². The van der Waals surface area contributed by atoms with Crippen molar-refractivity contribution in [3.8, 4) is 23.3 Å². The van der Waals surface area contributed by atoms with Gasteiger partial charge in [-0.25, -0.2) is 4.79 Å². The second kappa shape index (κ2) is 15.1. The van der Waals surface area contributed by atoms with Gasteiger partial charge in [-0.15, -0.1) is 15.2 Å². The highest BCUT2D eigenvalue weighted by molar-refractivity contribution is 7.19. The number of imide groups is 1. The van der Waals surface area contributed by atoms with E-state index in [-0.39, 0.29) is 50.2 Å². The maximum atomic E-state index is 11.8. The minimum Gasteiger partial charge on any atom is -0.493 e. The van der Waals surface area contributed by atoms with Gasteiger partial charge in [-0.1, -0.05) is 12.0 Å². The van der Waals surface area contributed by atoms with Crippen molar-refractivity contribution in [2.75, 3.05) is 53.2 Å². The van der Waals surface area contributed by atoms with Crippen molar-refractivity contribution in [2.24, 2.45) is 0 Å². The van der Waals surface area contributed by atoms with Crippen molar-refractivity contribution < 1.29 is 38.1 Å². The molecule has 1 aromatic carbocycles. The fourth-order valence-corrected chi connectivity index (χ4v) is 3.34. The predicted molar refractivity (Wildman–Crippen MR) is 127 cm³/mol. The molecule has 2 unspecified atom stereocenters. The average molecular weight is 494 g/mol. The van der Waals surface area contributed by atoms with Crippen molar-refractivity contribution in [3.63, 3.8) is 0 Å². The largest absolute Gasteiger partial charge is 0.493 e. The van der Waals surface area contributed by atoms with E-state index in [2.05, 4.69) is 26.4 Å². The zero-order valence-corrected chi connectivity index (χ0v) is 20.6. The fraction of sp³-hybridized carbons (Fsp3) is 0.522. The Kier molecular flexibility index (Phi) is 12.2. The monoisotopic (exact) mass is 494 g/mol. The van der Waals surface area contributed by atoms with Crippen molar-refractivity contribution in [3.05, 3.63) is 23.8 Å². The average Bonchev–Trinajstić information content (AvgIpc) is 3.07. The number of benzene rings is 1. The molecule has 1 heterocycles. The summed E-state index contributed by atoms with van der Waals surface area (Å²) in [6.07, 6.45) is -0.310. The van der Waals surface area contributed by atoms with Crippen molar-refractivity contribution >= 4 is 27.1 Å². The molecule has 0 aliphatic carbocycles. The van der Waals surface area contributed by atoms with Gasteiger partial charge in [0.15, 0.2) is 11.5 Å². The van der Waals surface area contributed by atoms with Crippen molar-refractivity contribution in [1.82, 2.24) is 10.2 Å². The molecule has 1 aliphatic heterocycles. The van der Waals surface area contributed by atoms with Gasteiger partial charge in [0.2, 0.25) is 11.8 Å². The molecule has 11 heteroatoms. The van der Waals surface area contributed by atoms with E-state index in [9.17, 15) is 14.4 Å². The van der Waals surface area contributed by atoms with Crippen LogP contribution in [0.4, 0.5) is 4.79 Å². The van der Waals surface area contributed by atoms with Gasteiger partial charge >= 0.3 is 6.09 Å². The Morgan fingerprint density at radius 3 is 2.56 bits per heavy atom. The second-order valence-electron chi connectivity index (χ2n) is 7.11. The zero-order chi connectivity index (χ0) is 24.8. The smallest absolute Gasteiger partial charge is 0.408 e. The Balaban J connectivity index is 1.58. The molecule has 34 heavy (non-hydrogen) atoms. The molecule has 0 aromatic heterocycles. The van der Waals surface area contributed by atoms with E-state index >= 15 is 0 Å². The Labute approximate surface area is 201 Å². The molecule has 186 valence electrons. The Hall–Kier alpha value is -2.86. The molecule has 1 aliphatic rings. The van der Waals surface area contributed by atoms with Gasteiger partial charge < -0.3 is 29.0 Å². The SMILES string of the molecule is CC#CCNC(=O)OCc1ccc(OCCOCCOCCN2C(=O)CC(P)C2=O)c(OC)c1. The van der Waals surface area contributed by atoms with E-state index in [1.54, 1.807) is 25.1 Å². The summed E-state index contributed by atoms with van der Waals surface area (Å²) in [5.41, 5.74) is 0.427. The highest BCUT2D eigenvalue weighted by atomic mass is 31.0. The van der Waals surface area contributed by atoms with Gasteiger partial charge in [-0.05, 0) is 24.6 Å². The molecule has 2 atom stereocenters. The third kappa shape index (κ3) is 9.18. The zero-order valence-electron chi connectivity index (χ0n) is 19.5. The Bertz CT molecular complexity index is 899. The van der Waals surface area contributed by atoms with E-state index < -0.39 is 6.09 Å². The maximum absolute atomic E-state index is 11.8. The molecule has 2 rings (SSSR count). The first kappa shape index (κ1) is 27.4. The first-order valence-corrected chi connectivity index (χ1v) is 11.5. The van der Waals surface area contributed by atoms with E-state index in [4.69, 9.17) is 23.7 Å². The second-order valence-corrected chi connectivity index (χ2v) is 7.91. The number of ether oxygens (including phenoxy) is 5. The van der Waals surface area contributed by atoms with E-state index in [0.717, 1.165) is 5.56 Å². The fourth-order valence-electron chi connectivity index (χ4n) is 2.96. The lowest BCUT2D eigenvalue weighted by Gasteiger charge is -2.14. The van der Waals surface area contributed by atoms with E-state index in [0.29, 0.717) is 37.9 Å². The number of methoxy groups -OCH3 is 1. The van der Waals surface area contributed by atoms with Gasteiger partial charge in [-0.3, -0.25) is 14.5 Å². The summed E-state index contributed by atoms with van der Waals surface area (Å²) >= 11 is 0.